The standard InChI is InChI=1S/C14H22N2/c1-12(15)13-6-8-14(9-7-13)16-10-4-2-3-5-11-16/h6-9,12H,2-5,10-11,15H2,1H3/t12-/m0/s1. The molecule has 16 heavy (non-hydrogen) atoms. The lowest BCUT2D eigenvalue weighted by Crippen LogP contribution is -2.23. The highest BCUT2D eigenvalue weighted by Gasteiger charge is 2.09. The van der Waals surface area contributed by atoms with Crippen LogP contribution in [0.5, 0.6) is 0 Å². The quantitative estimate of drug-likeness (QED) is 0.826. The zero-order valence-electron chi connectivity index (χ0n) is 10.2. The molecule has 0 aliphatic carbocycles. The van der Waals surface area contributed by atoms with E-state index in [-0.39, 0.29) is 6.04 Å². The highest BCUT2D eigenvalue weighted by atomic mass is 15.1. The molecule has 1 heterocycles. The lowest BCUT2D eigenvalue weighted by atomic mass is 10.1. The summed E-state index contributed by atoms with van der Waals surface area (Å²) in [7, 11) is 0. The number of nitrogens with two attached hydrogens (primary N) is 1. The van der Waals surface area contributed by atoms with Crippen LogP contribution in [0.25, 0.3) is 0 Å². The van der Waals surface area contributed by atoms with Crippen molar-refractivity contribution in [1.29, 1.82) is 0 Å². The van der Waals surface area contributed by atoms with E-state index in [9.17, 15) is 0 Å². The molecular weight excluding hydrogens is 196 g/mol. The molecule has 1 aliphatic rings. The van der Waals surface area contributed by atoms with Gasteiger partial charge in [0.2, 0.25) is 0 Å². The van der Waals surface area contributed by atoms with Crippen molar-refractivity contribution in [3.05, 3.63) is 29.8 Å². The number of anilines is 1. The number of hydrogen-bond donors (Lipinski definition) is 1. The lowest BCUT2D eigenvalue weighted by molar-refractivity contribution is 0.726. The van der Waals surface area contributed by atoms with Crippen LogP contribution in [0.4, 0.5) is 5.69 Å². The summed E-state index contributed by atoms with van der Waals surface area (Å²) < 4.78 is 0. The van der Waals surface area contributed by atoms with Crippen molar-refractivity contribution in [1.82, 2.24) is 0 Å². The maximum Gasteiger partial charge on any atom is 0.0366 e. The lowest BCUT2D eigenvalue weighted by Gasteiger charge is -2.23. The van der Waals surface area contributed by atoms with Gasteiger partial charge in [-0.25, -0.2) is 0 Å². The van der Waals surface area contributed by atoms with Gasteiger partial charge in [-0.05, 0) is 37.5 Å². The van der Waals surface area contributed by atoms with Gasteiger partial charge in [0.15, 0.2) is 0 Å². The monoisotopic (exact) mass is 218 g/mol. The van der Waals surface area contributed by atoms with Gasteiger partial charge in [0.1, 0.15) is 0 Å². The molecule has 2 N–H and O–H groups in total. The Morgan fingerprint density at radius 1 is 1.00 bits per heavy atom. The van der Waals surface area contributed by atoms with Crippen LogP contribution >= 0.6 is 0 Å². The van der Waals surface area contributed by atoms with Crippen LogP contribution in [-0.4, -0.2) is 13.1 Å². The molecule has 88 valence electrons. The molecule has 1 aromatic rings. The predicted octanol–water partition coefficient (Wildman–Crippen LogP) is 3.09. The van der Waals surface area contributed by atoms with Crippen LogP contribution in [0.1, 0.15) is 44.2 Å². The summed E-state index contributed by atoms with van der Waals surface area (Å²) in [5, 5.41) is 0. The fourth-order valence-electron chi connectivity index (χ4n) is 2.32. The minimum absolute atomic E-state index is 0.137. The van der Waals surface area contributed by atoms with E-state index < -0.39 is 0 Å². The van der Waals surface area contributed by atoms with E-state index in [0.29, 0.717) is 0 Å². The van der Waals surface area contributed by atoms with Gasteiger partial charge in [-0.1, -0.05) is 25.0 Å². The normalized spacial score (nSPS) is 19.2. The Balaban J connectivity index is 2.07. The molecule has 2 nitrogen and oxygen atoms in total. The average molecular weight is 218 g/mol. The van der Waals surface area contributed by atoms with E-state index in [1.54, 1.807) is 0 Å². The molecule has 0 aromatic heterocycles. The zero-order chi connectivity index (χ0) is 11.4. The van der Waals surface area contributed by atoms with Gasteiger partial charge in [0.05, 0.1) is 0 Å². The Kier molecular flexibility index (Phi) is 3.83. The second-order valence-corrected chi connectivity index (χ2v) is 4.78. The van der Waals surface area contributed by atoms with Crippen molar-refractivity contribution < 1.29 is 0 Å². The maximum atomic E-state index is 5.85. The first-order valence-corrected chi connectivity index (χ1v) is 6.38. The third-order valence-corrected chi connectivity index (χ3v) is 3.39. The highest BCUT2D eigenvalue weighted by molar-refractivity contribution is 5.48. The highest BCUT2D eigenvalue weighted by Crippen LogP contribution is 2.21. The predicted molar refractivity (Wildman–Crippen MR) is 69.7 cm³/mol. The molecule has 1 saturated heterocycles. The first kappa shape index (κ1) is 11.5. The molecule has 1 aliphatic heterocycles. The van der Waals surface area contributed by atoms with Crippen LogP contribution in [-0.2, 0) is 0 Å². The molecule has 1 atom stereocenters. The molecule has 1 fully saturated rings. The van der Waals surface area contributed by atoms with E-state index in [0.717, 1.165) is 0 Å². The SMILES string of the molecule is C[C@H](N)c1ccc(N2CCCCCC2)cc1. The van der Waals surface area contributed by atoms with E-state index in [4.69, 9.17) is 5.73 Å². The molecule has 2 heteroatoms. The topological polar surface area (TPSA) is 29.3 Å². The molecule has 0 amide bonds. The van der Waals surface area contributed by atoms with Gasteiger partial charge in [-0.15, -0.1) is 0 Å². The van der Waals surface area contributed by atoms with Crippen molar-refractivity contribution in [2.45, 2.75) is 38.6 Å². The zero-order valence-corrected chi connectivity index (χ0v) is 10.2. The van der Waals surface area contributed by atoms with Crippen LogP contribution < -0.4 is 10.6 Å². The van der Waals surface area contributed by atoms with Crippen LogP contribution in [0.3, 0.4) is 0 Å². The van der Waals surface area contributed by atoms with Crippen LogP contribution in [0, 0.1) is 0 Å². The van der Waals surface area contributed by atoms with Crippen molar-refractivity contribution in [3.8, 4) is 0 Å². The van der Waals surface area contributed by atoms with Crippen LogP contribution in [0.15, 0.2) is 24.3 Å². The third-order valence-electron chi connectivity index (χ3n) is 3.39. The second-order valence-electron chi connectivity index (χ2n) is 4.78. The van der Waals surface area contributed by atoms with Crippen molar-refractivity contribution >= 4 is 5.69 Å². The molecule has 0 bridgehead atoms. The number of rotatable bonds is 2. The number of nitrogens with zero attached hydrogens (tertiary/aromatic N) is 1. The minimum Gasteiger partial charge on any atom is -0.372 e. The van der Waals surface area contributed by atoms with Gasteiger partial charge in [-0.3, -0.25) is 0 Å². The van der Waals surface area contributed by atoms with Gasteiger partial charge in [0, 0.05) is 24.8 Å². The molecule has 0 saturated carbocycles. The third kappa shape index (κ3) is 2.76. The van der Waals surface area contributed by atoms with Crippen LogP contribution in [0.2, 0.25) is 0 Å². The molecular formula is C14H22N2. The van der Waals surface area contributed by atoms with E-state index in [1.165, 1.54) is 50.0 Å². The van der Waals surface area contributed by atoms with Gasteiger partial charge in [-0.2, -0.15) is 0 Å². The summed E-state index contributed by atoms with van der Waals surface area (Å²) >= 11 is 0. The summed E-state index contributed by atoms with van der Waals surface area (Å²) in [5.41, 5.74) is 8.43. The second kappa shape index (κ2) is 5.35. The maximum absolute atomic E-state index is 5.85. The average Bonchev–Trinajstić information content (AvgIpc) is 2.57. The number of benzene rings is 1. The Labute approximate surface area is 98.4 Å². The Morgan fingerprint density at radius 2 is 1.56 bits per heavy atom. The summed E-state index contributed by atoms with van der Waals surface area (Å²) in [6.45, 7) is 4.44. The smallest absolute Gasteiger partial charge is 0.0366 e. The van der Waals surface area contributed by atoms with Crippen molar-refractivity contribution in [2.75, 3.05) is 18.0 Å². The van der Waals surface area contributed by atoms with E-state index in [1.807, 2.05) is 6.92 Å². The van der Waals surface area contributed by atoms with E-state index in [2.05, 4.69) is 29.2 Å². The largest absolute Gasteiger partial charge is 0.372 e. The van der Waals surface area contributed by atoms with E-state index >= 15 is 0 Å². The molecule has 1 aromatic carbocycles. The minimum atomic E-state index is 0.137. The van der Waals surface area contributed by atoms with Crippen molar-refractivity contribution in [2.24, 2.45) is 5.73 Å². The molecule has 0 spiro atoms. The summed E-state index contributed by atoms with van der Waals surface area (Å²) in [5.74, 6) is 0. The van der Waals surface area contributed by atoms with Gasteiger partial charge < -0.3 is 10.6 Å². The van der Waals surface area contributed by atoms with Crippen molar-refractivity contribution in [3.63, 3.8) is 0 Å². The first-order chi connectivity index (χ1) is 7.77. The molecule has 2 rings (SSSR count). The number of hydrogen-bond acceptors (Lipinski definition) is 2. The first-order valence-electron chi connectivity index (χ1n) is 6.38. The Hall–Kier alpha value is -1.02. The Bertz CT molecular complexity index is 308. The van der Waals surface area contributed by atoms with Gasteiger partial charge in [0.25, 0.3) is 0 Å². The fraction of sp³-hybridized carbons (Fsp3) is 0.571. The summed E-state index contributed by atoms with van der Waals surface area (Å²) in [6, 6.07) is 8.88. The van der Waals surface area contributed by atoms with Gasteiger partial charge >= 0.3 is 0 Å². The molecule has 0 radical (unpaired) electrons. The fourth-order valence-corrected chi connectivity index (χ4v) is 2.32. The molecule has 0 unspecified atom stereocenters. The summed E-state index contributed by atoms with van der Waals surface area (Å²) in [4.78, 5) is 2.50. The Morgan fingerprint density at radius 3 is 2.06 bits per heavy atom. The summed E-state index contributed by atoms with van der Waals surface area (Å²) in [6.07, 6.45) is 5.42.